The van der Waals surface area contributed by atoms with Crippen LogP contribution in [0, 0.1) is 0 Å². The number of methoxy groups -OCH3 is 1. The van der Waals surface area contributed by atoms with E-state index in [1.165, 1.54) is 12.5 Å². The van der Waals surface area contributed by atoms with Crippen LogP contribution in [-0.4, -0.2) is 61.2 Å². The fourth-order valence-corrected chi connectivity index (χ4v) is 5.73. The first kappa shape index (κ1) is 24.6. The standard InChI is InChI=1S/C5H8O3S.C4H7NO2S.C4H6O3S.H3N/c1-8-5-2-3-9(6,7)4-5;2*5-4-1-2-8(6,7)3-4;/h4H,2-3H2,1H3;3H,1-2,5H2;1-3H2;1H3. The van der Waals surface area contributed by atoms with Gasteiger partial charge in [-0.25, -0.2) is 25.3 Å². The van der Waals surface area contributed by atoms with Gasteiger partial charge in [0.1, 0.15) is 17.3 Å². The molecule has 5 N–H and O–H groups in total. The summed E-state index contributed by atoms with van der Waals surface area (Å²) in [5.74, 6) is 0.647. The van der Waals surface area contributed by atoms with Crippen molar-refractivity contribution >= 4 is 35.3 Å². The van der Waals surface area contributed by atoms with E-state index in [2.05, 4.69) is 0 Å². The molecule has 3 rings (SSSR count). The highest BCUT2D eigenvalue weighted by Crippen LogP contribution is 2.15. The number of carbonyl (C=O) groups is 1. The Balaban J connectivity index is 0.000000355. The Morgan fingerprint density at radius 1 is 0.885 bits per heavy atom. The van der Waals surface area contributed by atoms with Crippen LogP contribution in [0.4, 0.5) is 0 Å². The second-order valence-electron chi connectivity index (χ2n) is 5.60. The van der Waals surface area contributed by atoms with Crippen LogP contribution in [0.5, 0.6) is 0 Å². The Kier molecular flexibility index (Phi) is 8.96. The van der Waals surface area contributed by atoms with Crippen LogP contribution in [0.3, 0.4) is 0 Å². The van der Waals surface area contributed by atoms with Gasteiger partial charge in [-0.15, -0.1) is 0 Å². The zero-order chi connectivity index (χ0) is 19.3. The van der Waals surface area contributed by atoms with Gasteiger partial charge in [0.05, 0.1) is 29.8 Å². The second-order valence-corrected chi connectivity index (χ2v) is 11.7. The second kappa shape index (κ2) is 9.48. The van der Waals surface area contributed by atoms with Crippen LogP contribution in [0.25, 0.3) is 0 Å². The van der Waals surface area contributed by atoms with E-state index in [1.807, 2.05) is 0 Å². The molecule has 0 aromatic carbocycles. The van der Waals surface area contributed by atoms with Crippen LogP contribution in [-0.2, 0) is 39.0 Å². The topological polar surface area (TPSA) is 190 Å². The molecule has 0 atom stereocenters. The van der Waals surface area contributed by atoms with E-state index in [1.54, 1.807) is 0 Å². The number of nitrogens with two attached hydrogens (primary N) is 1. The maximum Gasteiger partial charge on any atom is 0.175 e. The van der Waals surface area contributed by atoms with Crippen molar-refractivity contribution < 1.29 is 34.8 Å². The molecule has 152 valence electrons. The molecule has 13 heteroatoms. The maximum absolute atomic E-state index is 10.6. The van der Waals surface area contributed by atoms with Crippen LogP contribution in [0.2, 0.25) is 0 Å². The van der Waals surface area contributed by atoms with Crippen molar-refractivity contribution in [3.63, 3.8) is 0 Å². The fraction of sp³-hybridized carbons (Fsp3) is 0.615. The Bertz CT molecular complexity index is 884. The largest absolute Gasteiger partial charge is 0.500 e. The summed E-state index contributed by atoms with van der Waals surface area (Å²) in [6, 6.07) is 0. The van der Waals surface area contributed by atoms with E-state index in [-0.39, 0.29) is 41.4 Å². The number of ketones is 1. The first-order chi connectivity index (χ1) is 11.3. The van der Waals surface area contributed by atoms with E-state index < -0.39 is 29.5 Å². The van der Waals surface area contributed by atoms with Crippen LogP contribution in [0.1, 0.15) is 19.3 Å². The predicted octanol–water partition coefficient (Wildman–Crippen LogP) is -0.566. The first-order valence-corrected chi connectivity index (χ1v) is 12.5. The molecule has 0 aliphatic carbocycles. The van der Waals surface area contributed by atoms with Gasteiger partial charge in [-0.3, -0.25) is 4.79 Å². The SMILES string of the molecule is COC1=CS(=O)(=O)CC1.N.NC1=CS(=O)(=O)CC1.O=C1CCS(=O)(=O)C1. The summed E-state index contributed by atoms with van der Waals surface area (Å²) >= 11 is 0. The molecule has 0 saturated carbocycles. The predicted molar refractivity (Wildman–Crippen MR) is 97.5 cm³/mol. The quantitative estimate of drug-likeness (QED) is 0.542. The average molecular weight is 433 g/mol. The van der Waals surface area contributed by atoms with Gasteiger partial charge in [-0.2, -0.15) is 0 Å². The lowest BCUT2D eigenvalue weighted by Crippen LogP contribution is -2.02. The lowest BCUT2D eigenvalue weighted by Gasteiger charge is -1.92. The van der Waals surface area contributed by atoms with Gasteiger partial charge in [0, 0.05) is 30.4 Å². The van der Waals surface area contributed by atoms with Gasteiger partial charge in [0.25, 0.3) is 0 Å². The van der Waals surface area contributed by atoms with Crippen molar-refractivity contribution in [2.75, 3.05) is 30.1 Å². The van der Waals surface area contributed by atoms with Crippen LogP contribution < -0.4 is 11.9 Å². The first-order valence-electron chi connectivity index (χ1n) is 7.22. The molecule has 3 heterocycles. The molecule has 0 unspecified atom stereocenters. The smallest absolute Gasteiger partial charge is 0.175 e. The average Bonchev–Trinajstić information content (AvgIpc) is 3.08. The summed E-state index contributed by atoms with van der Waals surface area (Å²) in [4.78, 5) is 10.3. The van der Waals surface area contributed by atoms with Crippen molar-refractivity contribution in [3.05, 3.63) is 22.3 Å². The van der Waals surface area contributed by atoms with Crippen molar-refractivity contribution in [3.8, 4) is 0 Å². The summed E-state index contributed by atoms with van der Waals surface area (Å²) in [7, 11) is -7.24. The number of rotatable bonds is 1. The summed E-state index contributed by atoms with van der Waals surface area (Å²) in [5.41, 5.74) is 5.67. The molecular formula is C13H24N2O8S3. The summed E-state index contributed by atoms with van der Waals surface area (Å²) in [6.45, 7) is 0. The molecule has 3 aliphatic heterocycles. The lowest BCUT2D eigenvalue weighted by molar-refractivity contribution is -0.115. The number of carbonyl (C=O) groups excluding carboxylic acids is 1. The maximum atomic E-state index is 10.6. The molecule has 1 fully saturated rings. The zero-order valence-corrected chi connectivity index (χ0v) is 16.8. The van der Waals surface area contributed by atoms with Crippen molar-refractivity contribution in [1.29, 1.82) is 0 Å². The van der Waals surface area contributed by atoms with E-state index in [0.717, 1.165) is 5.41 Å². The minimum atomic E-state index is -2.95. The molecule has 3 aliphatic rings. The number of sulfone groups is 3. The van der Waals surface area contributed by atoms with Gasteiger partial charge in [-0.05, 0) is 0 Å². The molecule has 0 radical (unpaired) electrons. The van der Waals surface area contributed by atoms with Crippen LogP contribution in [0.15, 0.2) is 22.3 Å². The Morgan fingerprint density at radius 2 is 1.42 bits per heavy atom. The van der Waals surface area contributed by atoms with Gasteiger partial charge < -0.3 is 16.6 Å². The molecule has 10 nitrogen and oxygen atoms in total. The normalized spacial score (nSPS) is 24.0. The Hall–Kier alpha value is -1.44. The van der Waals surface area contributed by atoms with E-state index >= 15 is 0 Å². The molecule has 1 saturated heterocycles. The molecule has 0 bridgehead atoms. The minimum Gasteiger partial charge on any atom is -0.500 e. The monoisotopic (exact) mass is 432 g/mol. The number of hydrogen-bond donors (Lipinski definition) is 2. The molecule has 0 aromatic heterocycles. The Morgan fingerprint density at radius 3 is 1.58 bits per heavy atom. The lowest BCUT2D eigenvalue weighted by atomic mass is 10.4. The van der Waals surface area contributed by atoms with E-state index in [4.69, 9.17) is 10.5 Å². The molecular weight excluding hydrogens is 408 g/mol. The third-order valence-electron chi connectivity index (χ3n) is 3.29. The number of ether oxygens (including phenoxy) is 1. The highest BCUT2D eigenvalue weighted by Gasteiger charge is 2.24. The zero-order valence-electron chi connectivity index (χ0n) is 14.4. The highest BCUT2D eigenvalue weighted by atomic mass is 32.2. The van der Waals surface area contributed by atoms with Crippen LogP contribution >= 0.6 is 0 Å². The van der Waals surface area contributed by atoms with Gasteiger partial charge in [-0.1, -0.05) is 0 Å². The minimum absolute atomic E-state index is 0. The fourth-order valence-electron chi connectivity index (χ4n) is 1.98. The summed E-state index contributed by atoms with van der Waals surface area (Å²) < 4.78 is 67.8. The number of allylic oxidation sites excluding steroid dienone is 2. The van der Waals surface area contributed by atoms with Crippen molar-refractivity contribution in [2.24, 2.45) is 5.73 Å². The third kappa shape index (κ3) is 9.31. The van der Waals surface area contributed by atoms with Crippen molar-refractivity contribution in [2.45, 2.75) is 19.3 Å². The number of Topliss-reactive ketones (excluding diaryl/α,β-unsaturated/α-hetero) is 1. The third-order valence-corrected chi connectivity index (χ3v) is 7.70. The molecule has 0 spiro atoms. The molecule has 0 aromatic rings. The molecule has 0 amide bonds. The highest BCUT2D eigenvalue weighted by molar-refractivity contribution is 7.94. The van der Waals surface area contributed by atoms with Crippen molar-refractivity contribution in [1.82, 2.24) is 6.15 Å². The van der Waals surface area contributed by atoms with E-state index in [9.17, 15) is 30.0 Å². The molecule has 26 heavy (non-hydrogen) atoms. The number of hydrogen-bond acceptors (Lipinski definition) is 10. The summed E-state index contributed by atoms with van der Waals surface area (Å²) in [6.07, 6.45) is 1.25. The van der Waals surface area contributed by atoms with Gasteiger partial charge in [0.15, 0.2) is 29.5 Å². The van der Waals surface area contributed by atoms with Gasteiger partial charge in [0.2, 0.25) is 0 Å². The van der Waals surface area contributed by atoms with Gasteiger partial charge >= 0.3 is 0 Å². The summed E-state index contributed by atoms with van der Waals surface area (Å²) in [5, 5.41) is 2.32. The Labute approximate surface area is 153 Å². The van der Waals surface area contributed by atoms with E-state index in [0.29, 0.717) is 24.3 Å².